The van der Waals surface area contributed by atoms with E-state index in [9.17, 15) is 5.11 Å². The molecule has 0 bridgehead atoms. The lowest BCUT2D eigenvalue weighted by atomic mass is 9.84. The van der Waals surface area contributed by atoms with E-state index in [4.69, 9.17) is 11.6 Å². The molecule has 5 heteroatoms. The molecular formula is C19H27Cl2NOS. The van der Waals surface area contributed by atoms with Crippen LogP contribution in [-0.4, -0.2) is 10.6 Å². The lowest BCUT2D eigenvalue weighted by Gasteiger charge is -2.25. The van der Waals surface area contributed by atoms with Gasteiger partial charge in [-0.15, -0.1) is 23.7 Å². The molecule has 0 aliphatic carbocycles. The first-order valence-electron chi connectivity index (χ1n) is 7.84. The summed E-state index contributed by atoms with van der Waals surface area (Å²) in [4.78, 5) is 0.996. The number of aromatic hydroxyl groups is 1. The van der Waals surface area contributed by atoms with Gasteiger partial charge in [-0.1, -0.05) is 38.4 Å². The fraction of sp³-hybridized carbons (Fsp3) is 0.474. The van der Waals surface area contributed by atoms with Crippen molar-refractivity contribution in [3.63, 3.8) is 0 Å². The van der Waals surface area contributed by atoms with Crippen LogP contribution in [0.4, 0.5) is 0 Å². The molecule has 2 rings (SSSR count). The predicted molar refractivity (Wildman–Crippen MR) is 109 cm³/mol. The zero-order valence-electron chi connectivity index (χ0n) is 15.2. The van der Waals surface area contributed by atoms with E-state index in [1.165, 1.54) is 16.9 Å². The van der Waals surface area contributed by atoms with E-state index in [1.54, 1.807) is 0 Å². The minimum Gasteiger partial charge on any atom is -0.507 e. The van der Waals surface area contributed by atoms with Gasteiger partial charge in [0.15, 0.2) is 0 Å². The standard InChI is InChI=1S/C19H26ClNOS.ClH/c1-18(2,3)13-9-12(11-21-19(4,5)6)17(22)14(10-13)15-7-8-16(20)23-15;/h7-10,21-22H,11H2,1-6H3;1H. The molecule has 24 heavy (non-hydrogen) atoms. The van der Waals surface area contributed by atoms with E-state index < -0.39 is 0 Å². The molecule has 0 atom stereocenters. The molecule has 0 saturated carbocycles. The van der Waals surface area contributed by atoms with Crippen molar-refractivity contribution >= 4 is 35.3 Å². The highest BCUT2D eigenvalue weighted by Gasteiger charge is 2.21. The smallest absolute Gasteiger partial charge is 0.128 e. The van der Waals surface area contributed by atoms with Crippen molar-refractivity contribution in [1.29, 1.82) is 0 Å². The van der Waals surface area contributed by atoms with Crippen LogP contribution < -0.4 is 5.32 Å². The van der Waals surface area contributed by atoms with Crippen molar-refractivity contribution in [3.05, 3.63) is 39.7 Å². The third kappa shape index (κ3) is 5.38. The number of phenolic OH excluding ortho intramolecular Hbond substituents is 1. The van der Waals surface area contributed by atoms with Crippen molar-refractivity contribution in [2.45, 2.75) is 59.0 Å². The third-order valence-corrected chi connectivity index (χ3v) is 4.97. The van der Waals surface area contributed by atoms with Crippen molar-refractivity contribution in [3.8, 4) is 16.2 Å². The molecular weight excluding hydrogens is 361 g/mol. The van der Waals surface area contributed by atoms with Gasteiger partial charge in [0.05, 0.1) is 4.34 Å². The van der Waals surface area contributed by atoms with Crippen LogP contribution in [-0.2, 0) is 12.0 Å². The second-order valence-corrected chi connectivity index (χ2v) is 9.70. The van der Waals surface area contributed by atoms with Crippen molar-refractivity contribution < 1.29 is 5.11 Å². The number of nitrogens with one attached hydrogen (secondary N) is 1. The Kier molecular flexibility index (Phi) is 6.79. The summed E-state index contributed by atoms with van der Waals surface area (Å²) >= 11 is 7.57. The van der Waals surface area contributed by atoms with Crippen LogP contribution in [0.5, 0.6) is 5.75 Å². The summed E-state index contributed by atoms with van der Waals surface area (Å²) in [5.41, 5.74) is 3.00. The van der Waals surface area contributed by atoms with Gasteiger partial charge in [-0.3, -0.25) is 0 Å². The van der Waals surface area contributed by atoms with E-state index in [0.29, 0.717) is 12.3 Å². The Labute approximate surface area is 160 Å². The van der Waals surface area contributed by atoms with Crippen LogP contribution in [0.2, 0.25) is 4.34 Å². The molecule has 1 aromatic carbocycles. The average molecular weight is 388 g/mol. The van der Waals surface area contributed by atoms with Crippen LogP contribution in [0.15, 0.2) is 24.3 Å². The minimum absolute atomic E-state index is 0. The Bertz CT molecular complexity index is 696. The first kappa shape index (κ1) is 21.3. The second kappa shape index (κ2) is 7.65. The SMILES string of the molecule is CC(C)(C)NCc1cc(C(C)(C)C)cc(-c2ccc(Cl)s2)c1O.Cl. The zero-order chi connectivity index (χ0) is 17.4. The molecule has 0 spiro atoms. The van der Waals surface area contributed by atoms with Crippen molar-refractivity contribution in [1.82, 2.24) is 5.32 Å². The summed E-state index contributed by atoms with van der Waals surface area (Å²) in [6, 6.07) is 8.03. The minimum atomic E-state index is -0.00339. The first-order chi connectivity index (χ1) is 10.5. The van der Waals surface area contributed by atoms with Crippen LogP contribution in [0.3, 0.4) is 0 Å². The largest absolute Gasteiger partial charge is 0.507 e. The zero-order valence-corrected chi connectivity index (χ0v) is 17.5. The van der Waals surface area contributed by atoms with Gasteiger partial charge in [0, 0.05) is 28.1 Å². The van der Waals surface area contributed by atoms with Gasteiger partial charge in [0.2, 0.25) is 0 Å². The van der Waals surface area contributed by atoms with Gasteiger partial charge in [0.25, 0.3) is 0 Å². The van der Waals surface area contributed by atoms with E-state index in [1.807, 2.05) is 12.1 Å². The molecule has 0 aliphatic rings. The summed E-state index contributed by atoms with van der Waals surface area (Å²) in [7, 11) is 0. The second-order valence-electron chi connectivity index (χ2n) is 7.99. The number of halogens is 2. The number of hydrogen-bond acceptors (Lipinski definition) is 3. The number of thiophene rings is 1. The van der Waals surface area contributed by atoms with E-state index >= 15 is 0 Å². The van der Waals surface area contributed by atoms with Crippen LogP contribution in [0.1, 0.15) is 52.7 Å². The highest BCUT2D eigenvalue weighted by Crippen LogP contribution is 2.41. The van der Waals surface area contributed by atoms with E-state index in [2.05, 4.69) is 59.0 Å². The molecule has 1 heterocycles. The summed E-state index contributed by atoms with van der Waals surface area (Å²) in [5, 5.41) is 14.2. The van der Waals surface area contributed by atoms with Crippen LogP contribution in [0, 0.1) is 0 Å². The van der Waals surface area contributed by atoms with Crippen molar-refractivity contribution in [2.75, 3.05) is 0 Å². The number of phenols is 1. The van der Waals surface area contributed by atoms with E-state index in [0.717, 1.165) is 20.3 Å². The molecule has 2 nitrogen and oxygen atoms in total. The molecule has 0 fully saturated rings. The van der Waals surface area contributed by atoms with E-state index in [-0.39, 0.29) is 23.4 Å². The normalized spacial score (nSPS) is 12.1. The quantitative estimate of drug-likeness (QED) is 0.639. The summed E-state index contributed by atoms with van der Waals surface area (Å²) in [5.74, 6) is 0.341. The topological polar surface area (TPSA) is 32.3 Å². The van der Waals surface area contributed by atoms with Gasteiger partial charge in [0.1, 0.15) is 5.75 Å². The van der Waals surface area contributed by atoms with Gasteiger partial charge in [-0.05, 0) is 49.9 Å². The van der Waals surface area contributed by atoms with Crippen molar-refractivity contribution in [2.24, 2.45) is 0 Å². The summed E-state index contributed by atoms with van der Waals surface area (Å²) in [6.07, 6.45) is 0. The monoisotopic (exact) mass is 387 g/mol. The molecule has 0 aliphatic heterocycles. The molecule has 0 saturated heterocycles. The van der Waals surface area contributed by atoms with Gasteiger partial charge in [-0.2, -0.15) is 0 Å². The molecule has 1 aromatic heterocycles. The van der Waals surface area contributed by atoms with Gasteiger partial charge >= 0.3 is 0 Å². The maximum atomic E-state index is 10.8. The maximum Gasteiger partial charge on any atom is 0.128 e. The predicted octanol–water partition coefficient (Wildman–Crippen LogP) is 6.38. The molecule has 2 N–H and O–H groups in total. The lowest BCUT2D eigenvalue weighted by Crippen LogP contribution is -2.35. The lowest BCUT2D eigenvalue weighted by molar-refractivity contribution is 0.412. The first-order valence-corrected chi connectivity index (χ1v) is 9.04. The molecule has 134 valence electrons. The highest BCUT2D eigenvalue weighted by molar-refractivity contribution is 7.19. The van der Waals surface area contributed by atoms with Crippen LogP contribution >= 0.6 is 35.3 Å². The summed E-state index contributed by atoms with van der Waals surface area (Å²) < 4.78 is 0.731. The highest BCUT2D eigenvalue weighted by atomic mass is 35.5. The third-order valence-electron chi connectivity index (χ3n) is 3.70. The maximum absolute atomic E-state index is 10.8. The molecule has 0 radical (unpaired) electrons. The van der Waals surface area contributed by atoms with Gasteiger partial charge in [-0.25, -0.2) is 0 Å². The molecule has 0 unspecified atom stereocenters. The molecule has 0 amide bonds. The number of benzene rings is 1. The Balaban J connectivity index is 0.00000288. The Hall–Kier alpha value is -0.740. The Morgan fingerprint density at radius 1 is 1.08 bits per heavy atom. The fourth-order valence-corrected chi connectivity index (χ4v) is 3.33. The summed E-state index contributed by atoms with van der Waals surface area (Å²) in [6.45, 7) is 13.6. The average Bonchev–Trinajstić information content (AvgIpc) is 2.81. The number of hydrogen-bond donors (Lipinski definition) is 2. The Morgan fingerprint density at radius 2 is 1.71 bits per heavy atom. The molecule has 2 aromatic rings. The fourth-order valence-electron chi connectivity index (χ4n) is 2.27. The Morgan fingerprint density at radius 3 is 2.17 bits per heavy atom. The van der Waals surface area contributed by atoms with Gasteiger partial charge < -0.3 is 10.4 Å². The van der Waals surface area contributed by atoms with Crippen LogP contribution in [0.25, 0.3) is 10.4 Å². The number of rotatable bonds is 3.